The number of para-hydroxylation sites is 2. The number of aromatic nitrogens is 1. The van der Waals surface area contributed by atoms with E-state index >= 15 is 0 Å². The number of aryl methyl sites for hydroxylation is 1. The van der Waals surface area contributed by atoms with Crippen LogP contribution in [-0.4, -0.2) is 13.3 Å². The van der Waals surface area contributed by atoms with Gasteiger partial charge in [0.15, 0.2) is 0 Å². The topological polar surface area (TPSA) is 19.5 Å². The van der Waals surface area contributed by atoms with E-state index in [0.717, 1.165) is 17.9 Å². The van der Waals surface area contributed by atoms with Gasteiger partial charge in [-0.05, 0) is 30.7 Å². The lowest BCUT2D eigenvalue weighted by atomic mass is 10.1. The highest BCUT2D eigenvalue weighted by Gasteiger charge is 2.14. The molecule has 0 spiro atoms. The zero-order valence-electron chi connectivity index (χ0n) is 16.5. The van der Waals surface area contributed by atoms with Gasteiger partial charge in [-0.2, -0.15) is 9.67 Å². The van der Waals surface area contributed by atoms with Crippen LogP contribution in [0.4, 0.5) is 5.69 Å². The molecule has 0 saturated carbocycles. The molecule has 0 amide bonds. The molecule has 0 aliphatic heterocycles. The van der Waals surface area contributed by atoms with Crippen LogP contribution in [0.3, 0.4) is 0 Å². The molecule has 1 aromatic heterocycles. The van der Waals surface area contributed by atoms with Crippen LogP contribution < -0.4 is 9.58 Å². The third-order valence-corrected chi connectivity index (χ3v) is 4.95. The molecule has 140 valence electrons. The van der Waals surface area contributed by atoms with Crippen molar-refractivity contribution in [1.29, 1.82) is 0 Å². The SMILES string of the molecule is CCCCCCC[n+]1c(/C=N/N(C)c2ccccc2)ccc2ccccc21. The number of benzene rings is 2. The summed E-state index contributed by atoms with van der Waals surface area (Å²) in [6.07, 6.45) is 8.40. The highest BCUT2D eigenvalue weighted by atomic mass is 15.4. The fourth-order valence-electron chi connectivity index (χ4n) is 3.37. The predicted octanol–water partition coefficient (Wildman–Crippen LogP) is 5.57. The number of hydrogen-bond donors (Lipinski definition) is 0. The van der Waals surface area contributed by atoms with Crippen LogP contribution in [-0.2, 0) is 6.54 Å². The predicted molar refractivity (Wildman–Crippen MR) is 115 cm³/mol. The second kappa shape index (κ2) is 9.86. The molecule has 2 aromatic carbocycles. The van der Waals surface area contributed by atoms with Crippen molar-refractivity contribution < 1.29 is 4.57 Å². The Labute approximate surface area is 163 Å². The average Bonchev–Trinajstić information content (AvgIpc) is 2.73. The molecular weight excluding hydrogens is 330 g/mol. The molecule has 0 fully saturated rings. The second-order valence-corrected chi connectivity index (χ2v) is 6.99. The van der Waals surface area contributed by atoms with Gasteiger partial charge in [0.05, 0.1) is 5.69 Å². The molecular formula is C24H30N3+. The van der Waals surface area contributed by atoms with E-state index in [1.165, 1.54) is 43.0 Å². The monoisotopic (exact) mass is 360 g/mol. The fraction of sp³-hybridized carbons (Fsp3) is 0.333. The summed E-state index contributed by atoms with van der Waals surface area (Å²) in [6.45, 7) is 3.29. The Balaban J connectivity index is 1.82. The minimum absolute atomic E-state index is 1.03. The number of unbranched alkanes of at least 4 members (excludes halogenated alkanes) is 4. The summed E-state index contributed by atoms with van der Waals surface area (Å²) in [7, 11) is 1.99. The second-order valence-electron chi connectivity index (χ2n) is 6.99. The van der Waals surface area contributed by atoms with Gasteiger partial charge in [0.1, 0.15) is 12.8 Å². The summed E-state index contributed by atoms with van der Waals surface area (Å²) < 4.78 is 2.41. The Morgan fingerprint density at radius 1 is 0.852 bits per heavy atom. The van der Waals surface area contributed by atoms with E-state index in [9.17, 15) is 0 Å². The zero-order chi connectivity index (χ0) is 18.9. The number of anilines is 1. The van der Waals surface area contributed by atoms with E-state index in [1.54, 1.807) is 0 Å². The maximum absolute atomic E-state index is 4.68. The van der Waals surface area contributed by atoms with Crippen LogP contribution in [0.25, 0.3) is 10.9 Å². The van der Waals surface area contributed by atoms with Crippen LogP contribution in [0.15, 0.2) is 71.8 Å². The Hall–Kier alpha value is -2.68. The van der Waals surface area contributed by atoms with Crippen molar-refractivity contribution in [3.8, 4) is 0 Å². The van der Waals surface area contributed by atoms with Gasteiger partial charge in [-0.15, -0.1) is 0 Å². The number of pyridine rings is 1. The van der Waals surface area contributed by atoms with E-state index in [4.69, 9.17) is 0 Å². The number of hydrazone groups is 1. The van der Waals surface area contributed by atoms with Crippen LogP contribution >= 0.6 is 0 Å². The lowest BCUT2D eigenvalue weighted by Crippen LogP contribution is -2.39. The molecule has 3 heteroatoms. The van der Waals surface area contributed by atoms with Gasteiger partial charge in [-0.3, -0.25) is 5.01 Å². The lowest BCUT2D eigenvalue weighted by molar-refractivity contribution is -0.672. The van der Waals surface area contributed by atoms with E-state index < -0.39 is 0 Å². The lowest BCUT2D eigenvalue weighted by Gasteiger charge is -2.12. The molecule has 0 aliphatic carbocycles. The summed E-state index contributed by atoms with van der Waals surface area (Å²) >= 11 is 0. The van der Waals surface area contributed by atoms with Crippen molar-refractivity contribution in [2.75, 3.05) is 12.1 Å². The quantitative estimate of drug-likeness (QED) is 0.211. The minimum atomic E-state index is 1.03. The van der Waals surface area contributed by atoms with Crippen molar-refractivity contribution in [2.45, 2.75) is 45.6 Å². The van der Waals surface area contributed by atoms with Crippen molar-refractivity contribution in [1.82, 2.24) is 0 Å². The van der Waals surface area contributed by atoms with Crippen LogP contribution in [0.5, 0.6) is 0 Å². The molecule has 1 heterocycles. The molecule has 0 radical (unpaired) electrons. The van der Waals surface area contributed by atoms with Gasteiger partial charge in [0.2, 0.25) is 11.2 Å². The Bertz CT molecular complexity index is 871. The Morgan fingerprint density at radius 3 is 2.41 bits per heavy atom. The van der Waals surface area contributed by atoms with E-state index in [2.05, 4.69) is 65.1 Å². The first-order chi connectivity index (χ1) is 13.3. The molecule has 0 saturated heterocycles. The molecule has 3 aromatic rings. The first kappa shape index (κ1) is 19.1. The summed E-state index contributed by atoms with van der Waals surface area (Å²) in [4.78, 5) is 0. The Kier molecular flexibility index (Phi) is 6.97. The molecule has 3 rings (SSSR count). The number of rotatable bonds is 9. The van der Waals surface area contributed by atoms with Gasteiger partial charge in [0.25, 0.3) is 0 Å². The number of nitrogens with zero attached hydrogens (tertiary/aromatic N) is 3. The van der Waals surface area contributed by atoms with E-state index in [0.29, 0.717) is 0 Å². The van der Waals surface area contributed by atoms with Crippen molar-refractivity contribution in [3.63, 3.8) is 0 Å². The van der Waals surface area contributed by atoms with Crippen LogP contribution in [0.2, 0.25) is 0 Å². The summed E-state index contributed by atoms with van der Waals surface area (Å²) in [6, 6.07) is 23.2. The molecule has 3 nitrogen and oxygen atoms in total. The minimum Gasteiger partial charge on any atom is -0.268 e. The van der Waals surface area contributed by atoms with Gasteiger partial charge in [0, 0.05) is 31.0 Å². The maximum Gasteiger partial charge on any atom is 0.225 e. The van der Waals surface area contributed by atoms with Crippen LogP contribution in [0.1, 0.15) is 44.7 Å². The third kappa shape index (κ3) is 5.16. The highest BCUT2D eigenvalue weighted by molar-refractivity contribution is 5.81. The molecule has 27 heavy (non-hydrogen) atoms. The van der Waals surface area contributed by atoms with Crippen molar-refractivity contribution >= 4 is 22.8 Å². The van der Waals surface area contributed by atoms with Crippen LogP contribution in [0, 0.1) is 0 Å². The van der Waals surface area contributed by atoms with E-state index in [-0.39, 0.29) is 0 Å². The normalized spacial score (nSPS) is 11.3. The molecule has 0 bridgehead atoms. The molecule has 0 atom stereocenters. The number of fused-ring (bicyclic) bond motifs is 1. The smallest absolute Gasteiger partial charge is 0.225 e. The first-order valence-corrected chi connectivity index (χ1v) is 10.0. The van der Waals surface area contributed by atoms with Gasteiger partial charge < -0.3 is 0 Å². The zero-order valence-corrected chi connectivity index (χ0v) is 16.5. The van der Waals surface area contributed by atoms with Crippen molar-refractivity contribution in [2.24, 2.45) is 5.10 Å². The largest absolute Gasteiger partial charge is 0.268 e. The molecule has 0 aliphatic rings. The van der Waals surface area contributed by atoms with Gasteiger partial charge >= 0.3 is 0 Å². The molecule has 0 unspecified atom stereocenters. The maximum atomic E-state index is 4.68. The van der Waals surface area contributed by atoms with E-state index in [1.807, 2.05) is 36.5 Å². The average molecular weight is 361 g/mol. The first-order valence-electron chi connectivity index (χ1n) is 10.0. The standard InChI is InChI=1S/C24H30N3/c1-3-4-5-6-12-19-27-23(18-17-21-13-10-11-16-24(21)27)20-25-26(2)22-14-8-7-9-15-22/h7-11,13-18,20H,3-6,12,19H2,1-2H3/q+1. The fourth-order valence-corrected chi connectivity index (χ4v) is 3.37. The molecule has 0 N–H and O–H groups in total. The summed E-state index contributed by atoms with van der Waals surface area (Å²) in [5.74, 6) is 0. The Morgan fingerprint density at radius 2 is 1.59 bits per heavy atom. The summed E-state index contributed by atoms with van der Waals surface area (Å²) in [5, 5.41) is 7.87. The number of hydrogen-bond acceptors (Lipinski definition) is 2. The highest BCUT2D eigenvalue weighted by Crippen LogP contribution is 2.13. The van der Waals surface area contributed by atoms with Crippen molar-refractivity contribution in [3.05, 3.63) is 72.4 Å². The van der Waals surface area contributed by atoms with Gasteiger partial charge in [-0.25, -0.2) is 0 Å². The van der Waals surface area contributed by atoms with Gasteiger partial charge in [-0.1, -0.05) is 56.5 Å². The summed E-state index contributed by atoms with van der Waals surface area (Å²) in [5.41, 5.74) is 3.51. The third-order valence-electron chi connectivity index (χ3n) is 4.95.